The van der Waals surface area contributed by atoms with Crippen molar-refractivity contribution in [3.63, 3.8) is 0 Å². The molecule has 4 heteroatoms. The van der Waals surface area contributed by atoms with Gasteiger partial charge < -0.3 is 5.32 Å². The van der Waals surface area contributed by atoms with Crippen LogP contribution in [0.1, 0.15) is 28.7 Å². The fraction of sp³-hybridized carbons (Fsp3) is 0.320. The third-order valence-corrected chi connectivity index (χ3v) is 5.73. The fourth-order valence-corrected chi connectivity index (χ4v) is 4.14. The summed E-state index contributed by atoms with van der Waals surface area (Å²) in [5.41, 5.74) is 5.36. The molecule has 0 saturated heterocycles. The Morgan fingerprint density at radius 1 is 0.931 bits per heavy atom. The van der Waals surface area contributed by atoms with Gasteiger partial charge in [0.25, 0.3) is 0 Å². The molecule has 150 valence electrons. The molecule has 29 heavy (non-hydrogen) atoms. The molecular weight excluding hydrogens is 361 g/mol. The van der Waals surface area contributed by atoms with Crippen molar-refractivity contribution in [2.45, 2.75) is 38.4 Å². The quantitative estimate of drug-likeness (QED) is 0.580. The van der Waals surface area contributed by atoms with Gasteiger partial charge in [-0.2, -0.15) is 0 Å². The van der Waals surface area contributed by atoms with E-state index in [1.54, 1.807) is 12.1 Å². The molecule has 4 rings (SSSR count). The van der Waals surface area contributed by atoms with Crippen molar-refractivity contribution in [3.05, 3.63) is 101 Å². The number of fused-ring (bicyclic) bond motifs is 1. The van der Waals surface area contributed by atoms with Gasteiger partial charge in [-0.15, -0.1) is 0 Å². The molecule has 1 aromatic heterocycles. The van der Waals surface area contributed by atoms with Gasteiger partial charge in [-0.3, -0.25) is 9.88 Å². The Balaban J connectivity index is 1.35. The third-order valence-electron chi connectivity index (χ3n) is 5.73. The largest absolute Gasteiger partial charge is 0.313 e. The minimum absolute atomic E-state index is 0.167. The topological polar surface area (TPSA) is 28.2 Å². The van der Waals surface area contributed by atoms with Gasteiger partial charge in [-0.25, -0.2) is 4.39 Å². The van der Waals surface area contributed by atoms with E-state index in [9.17, 15) is 4.39 Å². The zero-order valence-electron chi connectivity index (χ0n) is 16.7. The Hall–Kier alpha value is -2.56. The van der Waals surface area contributed by atoms with Gasteiger partial charge in [0, 0.05) is 38.1 Å². The number of hydrogen-bond donors (Lipinski definition) is 1. The molecule has 3 nitrogen and oxygen atoms in total. The lowest BCUT2D eigenvalue weighted by molar-refractivity contribution is 0.167. The first-order valence-corrected chi connectivity index (χ1v) is 10.4. The van der Waals surface area contributed by atoms with E-state index in [0.717, 1.165) is 45.4 Å². The van der Waals surface area contributed by atoms with Crippen LogP contribution in [0.3, 0.4) is 0 Å². The van der Waals surface area contributed by atoms with Crippen molar-refractivity contribution in [1.82, 2.24) is 15.2 Å². The van der Waals surface area contributed by atoms with Gasteiger partial charge >= 0.3 is 0 Å². The Kier molecular flexibility index (Phi) is 6.65. The van der Waals surface area contributed by atoms with Crippen LogP contribution in [0, 0.1) is 5.82 Å². The normalized spacial score (nSPS) is 16.5. The molecule has 0 aliphatic carbocycles. The minimum atomic E-state index is -0.167. The SMILES string of the molecule is Fc1ccc(CC2Cc3ccccc3CN2CCCNCc2ccncc2)cc1. The van der Waals surface area contributed by atoms with Crippen molar-refractivity contribution >= 4 is 0 Å². The van der Waals surface area contributed by atoms with Gasteiger partial charge in [0.2, 0.25) is 0 Å². The lowest BCUT2D eigenvalue weighted by Crippen LogP contribution is -2.42. The summed E-state index contributed by atoms with van der Waals surface area (Å²) in [7, 11) is 0. The Labute approximate surface area is 172 Å². The van der Waals surface area contributed by atoms with E-state index >= 15 is 0 Å². The molecule has 1 unspecified atom stereocenters. The molecule has 0 fully saturated rings. The standard InChI is InChI=1S/C25H28FN3/c26-24-8-6-20(7-9-24)16-25-17-22-4-1-2-5-23(22)19-29(25)15-3-12-28-18-21-10-13-27-14-11-21/h1-2,4-11,13-14,25,28H,3,12,15-19H2. The second kappa shape index (κ2) is 9.77. The van der Waals surface area contributed by atoms with Gasteiger partial charge in [-0.1, -0.05) is 36.4 Å². The number of nitrogens with zero attached hydrogens (tertiary/aromatic N) is 2. The highest BCUT2D eigenvalue weighted by atomic mass is 19.1. The van der Waals surface area contributed by atoms with Crippen molar-refractivity contribution in [2.75, 3.05) is 13.1 Å². The molecular formula is C25H28FN3. The second-order valence-corrected chi connectivity index (χ2v) is 7.81. The first-order valence-electron chi connectivity index (χ1n) is 10.4. The van der Waals surface area contributed by atoms with Crippen molar-refractivity contribution in [2.24, 2.45) is 0 Å². The first kappa shape index (κ1) is 19.7. The summed E-state index contributed by atoms with van der Waals surface area (Å²) >= 11 is 0. The van der Waals surface area contributed by atoms with E-state index in [-0.39, 0.29) is 5.82 Å². The predicted octanol–water partition coefficient (Wildman–Crippen LogP) is 4.37. The maximum absolute atomic E-state index is 13.3. The summed E-state index contributed by atoms with van der Waals surface area (Å²) in [5.74, 6) is -0.167. The monoisotopic (exact) mass is 389 g/mol. The smallest absolute Gasteiger partial charge is 0.123 e. The van der Waals surface area contributed by atoms with Crippen molar-refractivity contribution < 1.29 is 4.39 Å². The van der Waals surface area contributed by atoms with Crippen LogP contribution in [0.5, 0.6) is 0 Å². The first-order chi connectivity index (χ1) is 14.3. The van der Waals surface area contributed by atoms with E-state index < -0.39 is 0 Å². The van der Waals surface area contributed by atoms with Crippen LogP contribution in [-0.2, 0) is 25.9 Å². The molecule has 2 heterocycles. The molecule has 0 radical (unpaired) electrons. The second-order valence-electron chi connectivity index (χ2n) is 7.81. The number of pyridine rings is 1. The lowest BCUT2D eigenvalue weighted by atomic mass is 9.90. The van der Waals surface area contributed by atoms with E-state index in [1.165, 1.54) is 22.3 Å². The van der Waals surface area contributed by atoms with E-state index in [2.05, 4.69) is 39.5 Å². The van der Waals surface area contributed by atoms with Crippen molar-refractivity contribution in [3.8, 4) is 0 Å². The fourth-order valence-electron chi connectivity index (χ4n) is 4.14. The number of benzene rings is 2. The molecule has 0 spiro atoms. The molecule has 2 aromatic carbocycles. The van der Waals surface area contributed by atoms with Crippen LogP contribution in [0.4, 0.5) is 4.39 Å². The lowest BCUT2D eigenvalue weighted by Gasteiger charge is -2.37. The van der Waals surface area contributed by atoms with Gasteiger partial charge in [0.1, 0.15) is 5.82 Å². The minimum Gasteiger partial charge on any atom is -0.313 e. The van der Waals surface area contributed by atoms with Gasteiger partial charge in [0.15, 0.2) is 0 Å². The van der Waals surface area contributed by atoms with Crippen LogP contribution >= 0.6 is 0 Å². The van der Waals surface area contributed by atoms with E-state index in [0.29, 0.717) is 6.04 Å². The Morgan fingerprint density at radius 3 is 2.48 bits per heavy atom. The number of halogens is 1. The number of aromatic nitrogens is 1. The maximum Gasteiger partial charge on any atom is 0.123 e. The maximum atomic E-state index is 13.3. The van der Waals surface area contributed by atoms with Gasteiger partial charge in [0.05, 0.1) is 0 Å². The Bertz CT molecular complexity index is 895. The summed E-state index contributed by atoms with van der Waals surface area (Å²) in [4.78, 5) is 6.66. The Morgan fingerprint density at radius 2 is 1.69 bits per heavy atom. The molecule has 1 aliphatic heterocycles. The average molecular weight is 390 g/mol. The summed E-state index contributed by atoms with van der Waals surface area (Å²) in [6.45, 7) is 3.92. The molecule has 3 aromatic rings. The summed E-state index contributed by atoms with van der Waals surface area (Å²) < 4.78 is 13.3. The zero-order valence-corrected chi connectivity index (χ0v) is 16.7. The molecule has 0 saturated carbocycles. The highest BCUT2D eigenvalue weighted by Gasteiger charge is 2.25. The molecule has 0 amide bonds. The number of nitrogens with one attached hydrogen (secondary N) is 1. The molecule has 0 bridgehead atoms. The average Bonchev–Trinajstić information content (AvgIpc) is 2.76. The van der Waals surface area contributed by atoms with Crippen molar-refractivity contribution in [1.29, 1.82) is 0 Å². The molecule has 1 N–H and O–H groups in total. The predicted molar refractivity (Wildman–Crippen MR) is 115 cm³/mol. The van der Waals surface area contributed by atoms with Gasteiger partial charge in [-0.05, 0) is 72.3 Å². The number of hydrogen-bond acceptors (Lipinski definition) is 3. The van der Waals surface area contributed by atoms with E-state index in [1.807, 2.05) is 36.7 Å². The van der Waals surface area contributed by atoms with E-state index in [4.69, 9.17) is 0 Å². The molecule has 1 atom stereocenters. The highest BCUT2D eigenvalue weighted by Crippen LogP contribution is 2.25. The number of rotatable bonds is 8. The summed E-state index contributed by atoms with van der Waals surface area (Å²) in [5, 5.41) is 3.54. The van der Waals surface area contributed by atoms with Crippen LogP contribution in [0.2, 0.25) is 0 Å². The van der Waals surface area contributed by atoms with Crippen LogP contribution in [0.25, 0.3) is 0 Å². The highest BCUT2D eigenvalue weighted by molar-refractivity contribution is 5.31. The molecule has 1 aliphatic rings. The third kappa shape index (κ3) is 5.49. The van der Waals surface area contributed by atoms with Crippen LogP contribution < -0.4 is 5.32 Å². The van der Waals surface area contributed by atoms with Crippen LogP contribution in [0.15, 0.2) is 73.1 Å². The summed E-state index contributed by atoms with van der Waals surface area (Å²) in [6.07, 6.45) is 6.79. The summed E-state index contributed by atoms with van der Waals surface area (Å²) in [6, 6.07) is 20.3. The van der Waals surface area contributed by atoms with Crippen LogP contribution in [-0.4, -0.2) is 29.0 Å². The zero-order chi connectivity index (χ0) is 19.9.